The van der Waals surface area contributed by atoms with Gasteiger partial charge in [0.15, 0.2) is 5.13 Å². The first-order valence-corrected chi connectivity index (χ1v) is 7.42. The Kier molecular flexibility index (Phi) is 3.48. The Hall–Kier alpha value is -1.13. The number of nitrogens with one attached hydrogen (secondary N) is 1. The molecule has 1 aromatic heterocycles. The van der Waals surface area contributed by atoms with E-state index in [-0.39, 0.29) is 6.10 Å². The molecule has 1 aliphatic carbocycles. The van der Waals surface area contributed by atoms with E-state index in [1.165, 1.54) is 30.4 Å². The van der Waals surface area contributed by atoms with E-state index >= 15 is 0 Å². The van der Waals surface area contributed by atoms with Crippen molar-refractivity contribution in [1.29, 1.82) is 0 Å². The average Bonchev–Trinajstić information content (AvgIpc) is 3.04. The molecule has 1 aliphatic rings. The minimum Gasteiger partial charge on any atom is -0.391 e. The third-order valence-corrected chi connectivity index (χ3v) is 4.69. The maximum Gasteiger partial charge on any atom is 0.183 e. The Labute approximate surface area is 111 Å². The lowest BCUT2D eigenvalue weighted by molar-refractivity contribution is 0.123. The van der Waals surface area contributed by atoms with Crippen LogP contribution in [0.15, 0.2) is 24.3 Å². The lowest BCUT2D eigenvalue weighted by Crippen LogP contribution is -2.26. The number of aromatic nitrogens is 1. The van der Waals surface area contributed by atoms with Crippen LogP contribution in [0.1, 0.15) is 25.7 Å². The predicted octanol–water partition coefficient (Wildman–Crippen LogP) is 3.26. The Bertz CT molecular complexity index is 486. The number of hydrogen-bond acceptors (Lipinski definition) is 4. The number of rotatable bonds is 4. The molecule has 4 heteroatoms. The number of aliphatic hydroxyl groups is 1. The number of aliphatic hydroxyl groups excluding tert-OH is 1. The van der Waals surface area contributed by atoms with Gasteiger partial charge in [0.05, 0.1) is 16.3 Å². The molecule has 0 bridgehead atoms. The maximum atomic E-state index is 10.1. The molecule has 96 valence electrons. The van der Waals surface area contributed by atoms with Crippen LogP contribution in [0.3, 0.4) is 0 Å². The normalized spacial score (nSPS) is 18.3. The van der Waals surface area contributed by atoms with Gasteiger partial charge in [-0.3, -0.25) is 0 Å². The van der Waals surface area contributed by atoms with Crippen molar-refractivity contribution in [3.8, 4) is 0 Å². The highest BCUT2D eigenvalue weighted by Crippen LogP contribution is 2.29. The molecule has 0 radical (unpaired) electrons. The molecule has 2 aromatic rings. The van der Waals surface area contributed by atoms with Crippen LogP contribution < -0.4 is 5.32 Å². The van der Waals surface area contributed by atoms with Gasteiger partial charge in [0.2, 0.25) is 0 Å². The molecule has 1 saturated carbocycles. The van der Waals surface area contributed by atoms with Crippen molar-refractivity contribution in [2.45, 2.75) is 31.8 Å². The number of hydrogen-bond donors (Lipinski definition) is 2. The zero-order valence-electron chi connectivity index (χ0n) is 10.3. The molecule has 0 spiro atoms. The molecule has 3 nitrogen and oxygen atoms in total. The Balaban J connectivity index is 1.62. The van der Waals surface area contributed by atoms with Crippen molar-refractivity contribution in [3.05, 3.63) is 24.3 Å². The van der Waals surface area contributed by atoms with Crippen molar-refractivity contribution in [3.63, 3.8) is 0 Å². The number of thiazole rings is 1. The molecule has 1 atom stereocenters. The molecule has 1 heterocycles. The van der Waals surface area contributed by atoms with Gasteiger partial charge in [0.25, 0.3) is 0 Å². The summed E-state index contributed by atoms with van der Waals surface area (Å²) in [5.74, 6) is 0.479. The fourth-order valence-electron chi connectivity index (χ4n) is 2.65. The second-order valence-electron chi connectivity index (χ2n) is 4.98. The molecule has 1 unspecified atom stereocenters. The average molecular weight is 262 g/mol. The lowest BCUT2D eigenvalue weighted by Gasteiger charge is -2.17. The largest absolute Gasteiger partial charge is 0.391 e. The summed E-state index contributed by atoms with van der Waals surface area (Å²) in [7, 11) is 0. The van der Waals surface area contributed by atoms with E-state index in [2.05, 4.69) is 16.4 Å². The summed E-state index contributed by atoms with van der Waals surface area (Å²) in [6, 6.07) is 8.12. The first kappa shape index (κ1) is 11.9. The van der Waals surface area contributed by atoms with Gasteiger partial charge in [-0.25, -0.2) is 4.98 Å². The summed E-state index contributed by atoms with van der Waals surface area (Å²) in [6.45, 7) is 0.616. The van der Waals surface area contributed by atoms with Gasteiger partial charge < -0.3 is 10.4 Å². The van der Waals surface area contributed by atoms with E-state index in [1.54, 1.807) is 11.3 Å². The van der Waals surface area contributed by atoms with Crippen LogP contribution in [-0.2, 0) is 0 Å². The minimum atomic E-state index is -0.237. The molecule has 18 heavy (non-hydrogen) atoms. The second kappa shape index (κ2) is 5.24. The molecule has 0 amide bonds. The van der Waals surface area contributed by atoms with Crippen molar-refractivity contribution in [2.75, 3.05) is 11.9 Å². The zero-order chi connectivity index (χ0) is 12.4. The van der Waals surface area contributed by atoms with Crippen molar-refractivity contribution < 1.29 is 5.11 Å². The summed E-state index contributed by atoms with van der Waals surface area (Å²) in [5, 5.41) is 14.3. The highest BCUT2D eigenvalue weighted by molar-refractivity contribution is 7.22. The molecule has 3 rings (SSSR count). The SMILES string of the molecule is OC(CNc1nc2ccccc2s1)C1CCCC1. The van der Waals surface area contributed by atoms with Gasteiger partial charge in [-0.1, -0.05) is 36.3 Å². The number of nitrogens with zero attached hydrogens (tertiary/aromatic N) is 1. The Morgan fingerprint density at radius 1 is 1.33 bits per heavy atom. The summed E-state index contributed by atoms with van der Waals surface area (Å²) in [5.41, 5.74) is 1.03. The van der Waals surface area contributed by atoms with Gasteiger partial charge >= 0.3 is 0 Å². The fourth-order valence-corrected chi connectivity index (χ4v) is 3.52. The minimum absolute atomic E-state index is 0.237. The fraction of sp³-hybridized carbons (Fsp3) is 0.500. The van der Waals surface area contributed by atoms with Gasteiger partial charge in [-0.05, 0) is 30.9 Å². The van der Waals surface area contributed by atoms with Crippen LogP contribution in [0.4, 0.5) is 5.13 Å². The van der Waals surface area contributed by atoms with E-state index in [4.69, 9.17) is 0 Å². The smallest absolute Gasteiger partial charge is 0.183 e. The van der Waals surface area contributed by atoms with E-state index < -0.39 is 0 Å². The number of benzene rings is 1. The van der Waals surface area contributed by atoms with Crippen LogP contribution >= 0.6 is 11.3 Å². The third-order valence-electron chi connectivity index (χ3n) is 3.70. The molecular weight excluding hydrogens is 244 g/mol. The zero-order valence-corrected chi connectivity index (χ0v) is 11.1. The topological polar surface area (TPSA) is 45.1 Å². The molecule has 0 saturated heterocycles. The van der Waals surface area contributed by atoms with Crippen molar-refractivity contribution in [2.24, 2.45) is 5.92 Å². The monoisotopic (exact) mass is 262 g/mol. The van der Waals surface area contributed by atoms with Gasteiger partial charge in [-0.2, -0.15) is 0 Å². The van der Waals surface area contributed by atoms with Crippen LogP contribution in [0.5, 0.6) is 0 Å². The number of fused-ring (bicyclic) bond motifs is 1. The van der Waals surface area contributed by atoms with E-state index in [9.17, 15) is 5.11 Å². The summed E-state index contributed by atoms with van der Waals surface area (Å²) in [4.78, 5) is 4.51. The standard InChI is InChI=1S/C14H18N2OS/c17-12(10-5-1-2-6-10)9-15-14-16-11-7-3-4-8-13(11)18-14/h3-4,7-8,10,12,17H,1-2,5-6,9H2,(H,15,16). The van der Waals surface area contributed by atoms with Crippen LogP contribution in [0.25, 0.3) is 10.2 Å². The number of para-hydroxylation sites is 1. The Morgan fingerprint density at radius 3 is 2.89 bits per heavy atom. The summed E-state index contributed by atoms with van der Waals surface area (Å²) >= 11 is 1.65. The summed E-state index contributed by atoms with van der Waals surface area (Å²) < 4.78 is 1.19. The molecule has 2 N–H and O–H groups in total. The Morgan fingerprint density at radius 2 is 2.11 bits per heavy atom. The van der Waals surface area contributed by atoms with Gasteiger partial charge in [0, 0.05) is 6.54 Å². The first-order chi connectivity index (χ1) is 8.83. The van der Waals surface area contributed by atoms with Crippen molar-refractivity contribution in [1.82, 2.24) is 4.98 Å². The molecule has 1 aromatic carbocycles. The second-order valence-corrected chi connectivity index (χ2v) is 6.01. The van der Waals surface area contributed by atoms with Gasteiger partial charge in [0.1, 0.15) is 0 Å². The van der Waals surface area contributed by atoms with Crippen LogP contribution in [0.2, 0.25) is 0 Å². The highest BCUT2D eigenvalue weighted by atomic mass is 32.1. The maximum absolute atomic E-state index is 10.1. The van der Waals surface area contributed by atoms with Gasteiger partial charge in [-0.15, -0.1) is 0 Å². The van der Waals surface area contributed by atoms with Crippen molar-refractivity contribution >= 4 is 26.7 Å². The quantitative estimate of drug-likeness (QED) is 0.889. The van der Waals surface area contributed by atoms with E-state index in [1.807, 2.05) is 18.2 Å². The molecular formula is C14H18N2OS. The molecule has 0 aliphatic heterocycles. The van der Waals surface area contributed by atoms with Crippen LogP contribution in [-0.4, -0.2) is 22.7 Å². The molecule has 1 fully saturated rings. The number of anilines is 1. The van der Waals surface area contributed by atoms with E-state index in [0.717, 1.165) is 10.6 Å². The summed E-state index contributed by atoms with van der Waals surface area (Å²) in [6.07, 6.45) is 4.64. The van der Waals surface area contributed by atoms with Crippen LogP contribution in [0, 0.1) is 5.92 Å². The lowest BCUT2D eigenvalue weighted by atomic mass is 10.0. The first-order valence-electron chi connectivity index (χ1n) is 6.60. The highest BCUT2D eigenvalue weighted by Gasteiger charge is 2.22. The third kappa shape index (κ3) is 2.49. The van der Waals surface area contributed by atoms with E-state index in [0.29, 0.717) is 12.5 Å². The predicted molar refractivity (Wildman–Crippen MR) is 76.1 cm³/mol.